The van der Waals surface area contributed by atoms with Gasteiger partial charge in [-0.3, -0.25) is 9.59 Å². The van der Waals surface area contributed by atoms with Crippen LogP contribution in [0.25, 0.3) is 0 Å². The van der Waals surface area contributed by atoms with E-state index in [1.165, 1.54) is 24.3 Å². The van der Waals surface area contributed by atoms with Gasteiger partial charge in [-0.2, -0.15) is 4.58 Å². The zero-order valence-corrected chi connectivity index (χ0v) is 39.6. The van der Waals surface area contributed by atoms with E-state index in [0.29, 0.717) is 62.7 Å². The van der Waals surface area contributed by atoms with Crippen LogP contribution in [0.15, 0.2) is 70.1 Å². The molecule has 2 N–H and O–H groups in total. The Morgan fingerprint density at radius 3 is 2.05 bits per heavy atom. The molecule has 2 aromatic carbocycles. The summed E-state index contributed by atoms with van der Waals surface area (Å²) in [7, 11) is -11.8. The molecule has 1 amide bonds. The molecule has 0 aliphatic carbocycles. The van der Waals surface area contributed by atoms with Gasteiger partial charge in [-0.25, -0.2) is 25.3 Å². The summed E-state index contributed by atoms with van der Waals surface area (Å²) in [5, 5.41) is 11.8. The first-order valence-corrected chi connectivity index (χ1v) is 24.5. The van der Waals surface area contributed by atoms with Gasteiger partial charge in [0.1, 0.15) is 26.8 Å². The predicted molar refractivity (Wildman–Crippen MR) is 214 cm³/mol. The molecular formula is C38H50KN3O11S4. The first-order valence-electron chi connectivity index (χ1n) is 18.3. The number of nitrogens with zero attached hydrogens (tertiary/aromatic N) is 2. The number of anilines is 1. The summed E-state index contributed by atoms with van der Waals surface area (Å²) in [4.78, 5) is 24.8. The number of aliphatic carboxylic acids is 1. The Kier molecular flexibility index (Phi) is 17.4. The third-order valence-electron chi connectivity index (χ3n) is 10.1. The fourth-order valence-electron chi connectivity index (χ4n) is 7.26. The Morgan fingerprint density at radius 2 is 1.44 bits per heavy atom. The van der Waals surface area contributed by atoms with E-state index in [9.17, 15) is 43.9 Å². The molecular weight excluding hydrogens is 842 g/mol. The molecule has 0 aromatic heterocycles. The number of hydrogen-bond donors (Lipinski definition) is 2. The molecule has 19 heteroatoms. The second-order valence-electron chi connectivity index (χ2n) is 15.0. The fraction of sp³-hybridized carbons (Fsp3) is 0.500. The maximum Gasteiger partial charge on any atom is 1.00 e. The molecule has 308 valence electrons. The number of fused-ring (bicyclic) bond motifs is 2. The van der Waals surface area contributed by atoms with E-state index < -0.39 is 45.9 Å². The van der Waals surface area contributed by atoms with Crippen molar-refractivity contribution in [1.82, 2.24) is 5.32 Å². The molecule has 57 heavy (non-hydrogen) atoms. The molecule has 2 aliphatic heterocycles. The average Bonchev–Trinajstić information content (AvgIpc) is 3.42. The van der Waals surface area contributed by atoms with Crippen LogP contribution in [-0.2, 0) is 49.5 Å². The molecule has 14 nitrogen and oxygen atoms in total. The number of hydrogen-bond acceptors (Lipinski definition) is 12. The van der Waals surface area contributed by atoms with Gasteiger partial charge in [-0.15, -0.1) is 0 Å². The SMILES string of the molecule is CC1(C)C(=CC=CC2=[N+](CCCCCC(=O)O)c3ccc(S(=O)(=O)[O-])cc3C2(C)C)N(CCCCCC(=O)NCCSS(C)(=O)=O)c2ccc(S(=O)(=O)[O-])cc21.[K+]. The van der Waals surface area contributed by atoms with Gasteiger partial charge >= 0.3 is 57.4 Å². The van der Waals surface area contributed by atoms with E-state index in [-0.39, 0.29) is 92.2 Å². The number of carboxylic acids is 1. The van der Waals surface area contributed by atoms with Crippen molar-refractivity contribution in [2.45, 2.75) is 99.7 Å². The van der Waals surface area contributed by atoms with Crippen LogP contribution in [0.2, 0.25) is 0 Å². The minimum absolute atomic E-state index is 0. The summed E-state index contributed by atoms with van der Waals surface area (Å²) in [6.07, 6.45) is 11.0. The summed E-state index contributed by atoms with van der Waals surface area (Å²) in [5.41, 5.74) is 3.02. The second-order valence-corrected chi connectivity index (χ2v) is 22.3. The zero-order valence-electron chi connectivity index (χ0n) is 33.2. The van der Waals surface area contributed by atoms with E-state index in [1.807, 2.05) is 45.9 Å². The van der Waals surface area contributed by atoms with Crippen molar-refractivity contribution < 1.29 is 105 Å². The molecule has 2 aliphatic rings. The van der Waals surface area contributed by atoms with Crippen LogP contribution in [0.1, 0.15) is 90.2 Å². The van der Waals surface area contributed by atoms with Gasteiger partial charge in [-0.05, 0) is 92.3 Å². The number of carboxylic acid groups (broad SMARTS) is 1. The number of carbonyl (C=O) groups is 2. The van der Waals surface area contributed by atoms with Crippen molar-refractivity contribution in [1.29, 1.82) is 0 Å². The largest absolute Gasteiger partial charge is 1.00 e. The Hall–Kier alpha value is -1.91. The van der Waals surface area contributed by atoms with Crippen LogP contribution in [0, 0.1) is 0 Å². The van der Waals surface area contributed by atoms with Crippen molar-refractivity contribution in [3.8, 4) is 0 Å². The van der Waals surface area contributed by atoms with E-state index in [1.54, 1.807) is 12.1 Å². The van der Waals surface area contributed by atoms with Gasteiger partial charge in [0.2, 0.25) is 11.6 Å². The third kappa shape index (κ3) is 13.0. The standard InChI is InChI=1S/C38H51N3O11S4.K/c1-37(2)29-25-27(55(47,48)49)17-19-31(29)40(22-10-6-8-15-35(42)39-21-24-53-54(5,45)46)33(37)13-12-14-34-38(3,4)30-26-28(56(50,51)52)18-20-32(30)41(34)23-11-7-9-16-36(43)44;/h12-14,17-20,25-26H,6-11,15-16,21-24H2,1-5H3,(H3-,39,42,43,44,47,48,49,50,51,52);/q;+1/p-1. The number of allylic oxidation sites excluding steroid dienone is 4. The van der Waals surface area contributed by atoms with Gasteiger partial charge < -0.3 is 24.4 Å². The predicted octanol–water partition coefficient (Wildman–Crippen LogP) is 2.13. The van der Waals surface area contributed by atoms with Gasteiger partial charge in [0.15, 0.2) is 14.6 Å². The van der Waals surface area contributed by atoms with Crippen LogP contribution in [-0.4, -0.2) is 93.3 Å². The smallest absolute Gasteiger partial charge is 0.744 e. The first-order chi connectivity index (χ1) is 25.9. The Morgan fingerprint density at radius 1 is 0.842 bits per heavy atom. The topological polar surface area (TPSA) is 221 Å². The average molecular weight is 892 g/mol. The summed E-state index contributed by atoms with van der Waals surface area (Å²) in [6.45, 7) is 9.04. The van der Waals surface area contributed by atoms with Gasteiger partial charge in [0.05, 0.1) is 15.2 Å². The summed E-state index contributed by atoms with van der Waals surface area (Å²) >= 11 is 0. The number of carbonyl (C=O) groups excluding carboxylic acids is 1. The van der Waals surface area contributed by atoms with E-state index >= 15 is 0 Å². The van der Waals surface area contributed by atoms with Gasteiger partial charge in [0.25, 0.3) is 0 Å². The van der Waals surface area contributed by atoms with Crippen molar-refractivity contribution >= 4 is 68.9 Å². The van der Waals surface area contributed by atoms with Crippen LogP contribution >= 0.6 is 10.8 Å². The van der Waals surface area contributed by atoms with E-state index in [4.69, 9.17) is 5.11 Å². The molecule has 0 radical (unpaired) electrons. The Balaban J connectivity index is 0.00000870. The van der Waals surface area contributed by atoms with E-state index in [0.717, 1.165) is 39.8 Å². The summed E-state index contributed by atoms with van der Waals surface area (Å²) in [6, 6.07) is 8.68. The van der Waals surface area contributed by atoms with Crippen LogP contribution < -0.4 is 61.6 Å². The maximum absolute atomic E-state index is 12.3. The Labute approximate surface area is 382 Å². The molecule has 2 aromatic rings. The summed E-state index contributed by atoms with van der Waals surface area (Å²) in [5.74, 6) is -0.776. The molecule has 2 heterocycles. The van der Waals surface area contributed by atoms with Crippen LogP contribution in [0.5, 0.6) is 0 Å². The molecule has 0 fully saturated rings. The molecule has 0 spiro atoms. The number of unbranched alkanes of at least 4 members (excludes halogenated alkanes) is 4. The fourth-order valence-corrected chi connectivity index (χ4v) is 9.90. The van der Waals surface area contributed by atoms with Crippen LogP contribution in [0.4, 0.5) is 11.4 Å². The van der Waals surface area contributed by atoms with Crippen molar-refractivity contribution in [3.63, 3.8) is 0 Å². The van der Waals surface area contributed by atoms with Crippen molar-refractivity contribution in [2.24, 2.45) is 0 Å². The summed E-state index contributed by atoms with van der Waals surface area (Å²) < 4.78 is 96.6. The maximum atomic E-state index is 12.3. The van der Waals surface area contributed by atoms with Gasteiger partial charge in [-0.1, -0.05) is 26.3 Å². The molecule has 0 bridgehead atoms. The molecule has 0 saturated carbocycles. The first kappa shape index (κ1) is 49.4. The number of nitrogens with one attached hydrogen (secondary N) is 1. The number of rotatable bonds is 20. The molecule has 4 rings (SSSR count). The van der Waals surface area contributed by atoms with Gasteiger partial charge in [0, 0.05) is 78.9 Å². The molecule has 0 saturated heterocycles. The minimum atomic E-state index is -4.73. The number of amides is 1. The monoisotopic (exact) mass is 891 g/mol. The second kappa shape index (κ2) is 20.1. The van der Waals surface area contributed by atoms with Crippen LogP contribution in [0.3, 0.4) is 0 Å². The molecule has 0 unspecified atom stereocenters. The Bertz CT molecular complexity index is 2270. The zero-order chi connectivity index (χ0) is 41.7. The normalized spacial score (nSPS) is 16.8. The van der Waals surface area contributed by atoms with Crippen molar-refractivity contribution in [3.05, 3.63) is 71.5 Å². The quantitative estimate of drug-likeness (QED) is 0.0641. The van der Waals surface area contributed by atoms with Crippen molar-refractivity contribution in [2.75, 3.05) is 36.5 Å². The number of benzene rings is 2. The third-order valence-corrected chi connectivity index (χ3v) is 14.3. The molecule has 0 atom stereocenters. The van der Waals surface area contributed by atoms with E-state index in [2.05, 4.69) is 14.8 Å². The minimum Gasteiger partial charge on any atom is -0.744 e.